The number of halogens is 2. The van der Waals surface area contributed by atoms with Crippen molar-refractivity contribution in [3.8, 4) is 0 Å². The molecule has 0 amide bonds. The predicted molar refractivity (Wildman–Crippen MR) is 94.2 cm³/mol. The van der Waals surface area contributed by atoms with Gasteiger partial charge in [-0.1, -0.05) is 47.5 Å². The lowest BCUT2D eigenvalue weighted by Gasteiger charge is -2.06. The number of anilines is 1. The van der Waals surface area contributed by atoms with Crippen molar-refractivity contribution in [1.29, 1.82) is 0 Å². The van der Waals surface area contributed by atoms with Crippen LogP contribution in [0.2, 0.25) is 10.0 Å². The van der Waals surface area contributed by atoms with E-state index in [-0.39, 0.29) is 0 Å². The second kappa shape index (κ2) is 6.34. The molecule has 0 atom stereocenters. The van der Waals surface area contributed by atoms with Gasteiger partial charge in [-0.25, -0.2) is 0 Å². The van der Waals surface area contributed by atoms with Gasteiger partial charge in [0, 0.05) is 11.1 Å². The van der Waals surface area contributed by atoms with E-state index >= 15 is 0 Å². The van der Waals surface area contributed by atoms with Crippen molar-refractivity contribution in [3.05, 3.63) is 69.8 Å². The molecule has 1 aromatic heterocycles. The number of hydrogen-bond acceptors (Lipinski definition) is 3. The zero-order valence-electron chi connectivity index (χ0n) is 11.8. The number of fused-ring (bicyclic) bond motifs is 1. The minimum atomic E-state index is 0.510. The zero-order chi connectivity index (χ0) is 15.5. The molecular weight excluding hydrogens is 317 g/mol. The molecule has 0 saturated carbocycles. The fraction of sp³-hybridized carbons (Fsp3) is 0.0588. The van der Waals surface area contributed by atoms with Crippen LogP contribution >= 0.6 is 23.2 Å². The molecule has 3 rings (SSSR count). The van der Waals surface area contributed by atoms with Gasteiger partial charge in [0.2, 0.25) is 0 Å². The number of nitrogens with zero attached hydrogens (tertiary/aromatic N) is 2. The van der Waals surface area contributed by atoms with Gasteiger partial charge >= 0.3 is 0 Å². The summed E-state index contributed by atoms with van der Waals surface area (Å²) < 4.78 is 0. The van der Waals surface area contributed by atoms with E-state index in [2.05, 4.69) is 15.5 Å². The summed E-state index contributed by atoms with van der Waals surface area (Å²) in [6.07, 6.45) is 1.70. The van der Waals surface area contributed by atoms with E-state index in [1.54, 1.807) is 18.3 Å². The number of aromatic nitrogens is 1. The molecule has 0 saturated heterocycles. The Morgan fingerprint density at radius 1 is 1.05 bits per heavy atom. The number of aryl methyl sites for hydroxylation is 1. The number of benzene rings is 2. The first-order valence-electron chi connectivity index (χ1n) is 6.74. The molecule has 1 heterocycles. The van der Waals surface area contributed by atoms with E-state index in [0.29, 0.717) is 10.0 Å². The second-order valence-electron chi connectivity index (χ2n) is 4.87. The van der Waals surface area contributed by atoms with Crippen molar-refractivity contribution in [2.24, 2.45) is 5.10 Å². The molecule has 0 bridgehead atoms. The fourth-order valence-corrected chi connectivity index (χ4v) is 2.48. The van der Waals surface area contributed by atoms with Gasteiger partial charge < -0.3 is 0 Å². The largest absolute Gasteiger partial charge is 0.278 e. The molecule has 110 valence electrons. The summed E-state index contributed by atoms with van der Waals surface area (Å²) in [7, 11) is 0. The minimum Gasteiger partial charge on any atom is -0.278 e. The van der Waals surface area contributed by atoms with Crippen molar-refractivity contribution >= 4 is 46.0 Å². The summed E-state index contributed by atoms with van der Waals surface area (Å²) in [5.41, 5.74) is 6.73. The molecule has 3 nitrogen and oxygen atoms in total. The predicted octanol–water partition coefficient (Wildman–Crippen LogP) is 5.30. The van der Waals surface area contributed by atoms with Gasteiger partial charge in [0.05, 0.1) is 27.5 Å². The lowest BCUT2D eigenvalue weighted by molar-refractivity contribution is 1.24. The maximum atomic E-state index is 5.99. The van der Waals surface area contributed by atoms with Crippen LogP contribution in [0.5, 0.6) is 0 Å². The molecule has 0 radical (unpaired) electrons. The van der Waals surface area contributed by atoms with Crippen LogP contribution in [0.15, 0.2) is 53.6 Å². The maximum Gasteiger partial charge on any atom is 0.0726 e. The SMILES string of the molecule is Cc1cc(NN=Cc2ccc(Cl)c(Cl)c2)c2ccccc2n1. The van der Waals surface area contributed by atoms with E-state index in [1.165, 1.54) is 0 Å². The van der Waals surface area contributed by atoms with E-state index in [1.807, 2.05) is 43.3 Å². The maximum absolute atomic E-state index is 5.99. The lowest BCUT2D eigenvalue weighted by Crippen LogP contribution is -1.94. The Morgan fingerprint density at radius 3 is 2.68 bits per heavy atom. The van der Waals surface area contributed by atoms with Crippen LogP contribution in [0.3, 0.4) is 0 Å². The van der Waals surface area contributed by atoms with Crippen LogP contribution < -0.4 is 5.43 Å². The van der Waals surface area contributed by atoms with Crippen LogP contribution in [-0.4, -0.2) is 11.2 Å². The lowest BCUT2D eigenvalue weighted by atomic mass is 10.1. The van der Waals surface area contributed by atoms with Crippen LogP contribution in [0.25, 0.3) is 10.9 Å². The first-order chi connectivity index (χ1) is 10.6. The number of hydrazone groups is 1. The minimum absolute atomic E-state index is 0.510. The highest BCUT2D eigenvalue weighted by molar-refractivity contribution is 6.42. The Hall–Kier alpha value is -2.10. The van der Waals surface area contributed by atoms with Gasteiger partial charge in [0.1, 0.15) is 0 Å². The summed E-state index contributed by atoms with van der Waals surface area (Å²) in [5, 5.41) is 6.34. The van der Waals surface area contributed by atoms with Crippen molar-refractivity contribution < 1.29 is 0 Å². The van der Waals surface area contributed by atoms with Crippen LogP contribution in [0, 0.1) is 6.92 Å². The summed E-state index contributed by atoms with van der Waals surface area (Å²) in [6, 6.07) is 15.3. The third kappa shape index (κ3) is 3.21. The number of nitrogens with one attached hydrogen (secondary N) is 1. The Kier molecular flexibility index (Phi) is 4.27. The molecule has 0 fully saturated rings. The van der Waals surface area contributed by atoms with E-state index in [0.717, 1.165) is 27.8 Å². The van der Waals surface area contributed by atoms with Gasteiger partial charge in [0.15, 0.2) is 0 Å². The number of rotatable bonds is 3. The summed E-state index contributed by atoms with van der Waals surface area (Å²) >= 11 is 11.9. The third-order valence-corrected chi connectivity index (χ3v) is 3.93. The van der Waals surface area contributed by atoms with Gasteiger partial charge in [-0.15, -0.1) is 0 Å². The summed E-state index contributed by atoms with van der Waals surface area (Å²) in [6.45, 7) is 1.96. The van der Waals surface area contributed by atoms with Crippen LogP contribution in [0.4, 0.5) is 5.69 Å². The molecule has 0 aliphatic rings. The van der Waals surface area contributed by atoms with Crippen LogP contribution in [-0.2, 0) is 0 Å². The number of para-hydroxylation sites is 1. The van der Waals surface area contributed by atoms with Gasteiger partial charge in [-0.3, -0.25) is 10.4 Å². The fourth-order valence-electron chi connectivity index (χ4n) is 2.17. The molecule has 2 aromatic carbocycles. The van der Waals surface area contributed by atoms with E-state index < -0.39 is 0 Å². The van der Waals surface area contributed by atoms with Crippen molar-refractivity contribution in [2.75, 3.05) is 5.43 Å². The molecular formula is C17H13Cl2N3. The highest BCUT2D eigenvalue weighted by Crippen LogP contribution is 2.23. The Bertz CT molecular complexity index is 860. The molecule has 3 aromatic rings. The molecule has 0 unspecified atom stereocenters. The average molecular weight is 330 g/mol. The Labute approximate surface area is 138 Å². The molecule has 5 heteroatoms. The monoisotopic (exact) mass is 329 g/mol. The summed E-state index contributed by atoms with van der Waals surface area (Å²) in [4.78, 5) is 4.50. The third-order valence-electron chi connectivity index (χ3n) is 3.19. The smallest absolute Gasteiger partial charge is 0.0726 e. The molecule has 1 N–H and O–H groups in total. The highest BCUT2D eigenvalue weighted by atomic mass is 35.5. The molecule has 22 heavy (non-hydrogen) atoms. The summed E-state index contributed by atoms with van der Waals surface area (Å²) in [5.74, 6) is 0. The highest BCUT2D eigenvalue weighted by Gasteiger charge is 2.02. The first kappa shape index (κ1) is 14.8. The van der Waals surface area contributed by atoms with Gasteiger partial charge in [-0.05, 0) is 36.8 Å². The van der Waals surface area contributed by atoms with Crippen molar-refractivity contribution in [3.63, 3.8) is 0 Å². The van der Waals surface area contributed by atoms with Crippen molar-refractivity contribution in [1.82, 2.24) is 4.98 Å². The molecule has 0 aliphatic heterocycles. The van der Waals surface area contributed by atoms with E-state index in [4.69, 9.17) is 23.2 Å². The Morgan fingerprint density at radius 2 is 1.86 bits per heavy atom. The molecule has 0 spiro atoms. The normalized spacial score (nSPS) is 11.2. The van der Waals surface area contributed by atoms with Gasteiger partial charge in [0.25, 0.3) is 0 Å². The number of hydrogen-bond donors (Lipinski definition) is 1. The zero-order valence-corrected chi connectivity index (χ0v) is 13.4. The van der Waals surface area contributed by atoms with Crippen molar-refractivity contribution in [2.45, 2.75) is 6.92 Å². The van der Waals surface area contributed by atoms with Crippen LogP contribution in [0.1, 0.15) is 11.3 Å². The van der Waals surface area contributed by atoms with E-state index in [9.17, 15) is 0 Å². The molecule has 0 aliphatic carbocycles. The first-order valence-corrected chi connectivity index (χ1v) is 7.49. The number of pyridine rings is 1. The standard InChI is InChI=1S/C17H13Cl2N3/c1-11-8-17(13-4-2-3-5-16(13)21-11)22-20-10-12-6-7-14(18)15(19)9-12/h2-10H,1H3,(H,21,22). The van der Waals surface area contributed by atoms with Gasteiger partial charge in [-0.2, -0.15) is 5.10 Å². The quantitative estimate of drug-likeness (QED) is 0.523. The topological polar surface area (TPSA) is 37.3 Å². The Balaban J connectivity index is 1.87. The average Bonchev–Trinajstić information content (AvgIpc) is 2.50. The second-order valence-corrected chi connectivity index (χ2v) is 5.69.